The van der Waals surface area contributed by atoms with Crippen molar-refractivity contribution in [3.63, 3.8) is 0 Å². The van der Waals surface area contributed by atoms with Crippen LogP contribution in [0.5, 0.6) is 11.6 Å². The van der Waals surface area contributed by atoms with E-state index in [4.69, 9.17) is 11.6 Å². The molecular formula is C8H8ClF2NO2. The molecule has 1 heterocycles. The van der Waals surface area contributed by atoms with E-state index < -0.39 is 17.9 Å². The first-order chi connectivity index (χ1) is 6.60. The maximum absolute atomic E-state index is 12.3. The Balaban J connectivity index is 3.27. The van der Waals surface area contributed by atoms with Crippen molar-refractivity contribution in [2.24, 2.45) is 0 Å². The molecule has 1 N–H and O–H groups in total. The summed E-state index contributed by atoms with van der Waals surface area (Å²) >= 11 is 5.45. The van der Waals surface area contributed by atoms with E-state index in [1.54, 1.807) is 0 Å². The first-order valence-corrected chi connectivity index (χ1v) is 4.24. The molecule has 0 fully saturated rings. The molecule has 0 aliphatic rings. The highest BCUT2D eigenvalue weighted by atomic mass is 35.5. The zero-order valence-electron chi connectivity index (χ0n) is 7.30. The Kier molecular flexibility index (Phi) is 3.46. The van der Waals surface area contributed by atoms with Gasteiger partial charge in [-0.3, -0.25) is 0 Å². The van der Waals surface area contributed by atoms with E-state index >= 15 is 0 Å². The third-order valence-corrected chi connectivity index (χ3v) is 1.92. The molecule has 0 spiro atoms. The summed E-state index contributed by atoms with van der Waals surface area (Å²) in [6.07, 6.45) is -2.85. The van der Waals surface area contributed by atoms with Crippen molar-refractivity contribution in [1.29, 1.82) is 0 Å². The van der Waals surface area contributed by atoms with Gasteiger partial charge in [0.1, 0.15) is 5.75 Å². The van der Waals surface area contributed by atoms with E-state index in [-0.39, 0.29) is 17.3 Å². The predicted octanol–water partition coefficient (Wildman–Crippen LogP) is 2.47. The minimum atomic E-state index is -2.85. The van der Waals surface area contributed by atoms with Crippen molar-refractivity contribution in [2.75, 3.05) is 7.11 Å². The van der Waals surface area contributed by atoms with Gasteiger partial charge in [0.25, 0.3) is 6.43 Å². The SMILES string of the molecule is COc1cc(CCl)c(O)c(C(F)F)n1. The lowest BCUT2D eigenvalue weighted by Gasteiger charge is -2.08. The van der Waals surface area contributed by atoms with Crippen LogP contribution in [0, 0.1) is 0 Å². The molecule has 1 rings (SSSR count). The number of methoxy groups -OCH3 is 1. The fourth-order valence-electron chi connectivity index (χ4n) is 0.944. The van der Waals surface area contributed by atoms with Gasteiger partial charge in [-0.1, -0.05) is 0 Å². The second kappa shape index (κ2) is 4.41. The first-order valence-electron chi connectivity index (χ1n) is 3.71. The maximum atomic E-state index is 12.3. The van der Waals surface area contributed by atoms with Gasteiger partial charge in [-0.25, -0.2) is 13.8 Å². The van der Waals surface area contributed by atoms with Crippen LogP contribution in [0.15, 0.2) is 6.07 Å². The van der Waals surface area contributed by atoms with Gasteiger partial charge in [-0.2, -0.15) is 0 Å². The van der Waals surface area contributed by atoms with Gasteiger partial charge in [0.2, 0.25) is 5.88 Å². The van der Waals surface area contributed by atoms with Gasteiger partial charge in [0.05, 0.1) is 13.0 Å². The molecule has 78 valence electrons. The number of pyridine rings is 1. The number of hydrogen-bond acceptors (Lipinski definition) is 3. The molecule has 0 bridgehead atoms. The van der Waals surface area contributed by atoms with E-state index in [9.17, 15) is 13.9 Å². The molecule has 0 saturated carbocycles. The minimum Gasteiger partial charge on any atom is -0.505 e. The van der Waals surface area contributed by atoms with Gasteiger partial charge in [-0.15, -0.1) is 11.6 Å². The fraction of sp³-hybridized carbons (Fsp3) is 0.375. The van der Waals surface area contributed by atoms with Crippen molar-refractivity contribution >= 4 is 11.6 Å². The molecule has 0 aliphatic heterocycles. The number of halogens is 3. The van der Waals surface area contributed by atoms with Crippen molar-refractivity contribution in [1.82, 2.24) is 4.98 Å². The van der Waals surface area contributed by atoms with Crippen LogP contribution in [0.4, 0.5) is 8.78 Å². The van der Waals surface area contributed by atoms with Crippen molar-refractivity contribution in [2.45, 2.75) is 12.3 Å². The molecule has 1 aromatic heterocycles. The number of alkyl halides is 3. The molecule has 6 heteroatoms. The minimum absolute atomic E-state index is 0.00810. The second-order valence-corrected chi connectivity index (χ2v) is 2.76. The molecule has 14 heavy (non-hydrogen) atoms. The third kappa shape index (κ3) is 2.04. The van der Waals surface area contributed by atoms with E-state index in [1.807, 2.05) is 0 Å². The Bertz CT molecular complexity index is 333. The zero-order valence-corrected chi connectivity index (χ0v) is 8.05. The average Bonchev–Trinajstić information content (AvgIpc) is 2.17. The Hall–Kier alpha value is -1.10. The highest BCUT2D eigenvalue weighted by Crippen LogP contribution is 2.32. The molecule has 0 atom stereocenters. The molecule has 0 radical (unpaired) electrons. The molecule has 0 saturated heterocycles. The number of nitrogens with zero attached hydrogens (tertiary/aromatic N) is 1. The van der Waals surface area contributed by atoms with E-state index in [0.717, 1.165) is 0 Å². The summed E-state index contributed by atoms with van der Waals surface area (Å²) in [6, 6.07) is 1.31. The molecule has 0 unspecified atom stereocenters. The Morgan fingerprint density at radius 2 is 2.29 bits per heavy atom. The lowest BCUT2D eigenvalue weighted by Crippen LogP contribution is -1.98. The van der Waals surface area contributed by atoms with E-state index in [0.29, 0.717) is 0 Å². The maximum Gasteiger partial charge on any atom is 0.284 e. The zero-order chi connectivity index (χ0) is 10.7. The third-order valence-electron chi connectivity index (χ3n) is 1.63. The standard InChI is InChI=1S/C8H8ClF2NO2/c1-14-5-2-4(3-9)7(13)6(12-5)8(10)11/h2,8,13H,3H2,1H3. The summed E-state index contributed by atoms with van der Waals surface area (Å²) in [5.41, 5.74) is -0.534. The number of aromatic nitrogens is 1. The number of aromatic hydroxyl groups is 1. The second-order valence-electron chi connectivity index (χ2n) is 2.49. The summed E-state index contributed by atoms with van der Waals surface area (Å²) in [7, 11) is 1.30. The van der Waals surface area contributed by atoms with Crippen LogP contribution in [0.1, 0.15) is 17.7 Å². The normalized spacial score (nSPS) is 10.6. The van der Waals surface area contributed by atoms with Crippen LogP contribution >= 0.6 is 11.6 Å². The molecule has 1 aromatic rings. The Morgan fingerprint density at radius 3 is 2.71 bits per heavy atom. The fourth-order valence-corrected chi connectivity index (χ4v) is 1.15. The Morgan fingerprint density at radius 1 is 1.64 bits per heavy atom. The van der Waals surface area contributed by atoms with Crippen LogP contribution in [-0.4, -0.2) is 17.2 Å². The highest BCUT2D eigenvalue weighted by molar-refractivity contribution is 6.17. The van der Waals surface area contributed by atoms with Gasteiger partial charge >= 0.3 is 0 Å². The van der Waals surface area contributed by atoms with Gasteiger partial charge in [0.15, 0.2) is 5.69 Å². The van der Waals surface area contributed by atoms with Gasteiger partial charge < -0.3 is 9.84 Å². The first kappa shape index (κ1) is 11.0. The van der Waals surface area contributed by atoms with Crippen LogP contribution in [-0.2, 0) is 5.88 Å². The molecule has 3 nitrogen and oxygen atoms in total. The van der Waals surface area contributed by atoms with Crippen LogP contribution in [0.25, 0.3) is 0 Å². The predicted molar refractivity (Wildman–Crippen MR) is 47.0 cm³/mol. The molecule has 0 aromatic carbocycles. The highest BCUT2D eigenvalue weighted by Gasteiger charge is 2.19. The monoisotopic (exact) mass is 223 g/mol. The van der Waals surface area contributed by atoms with Gasteiger partial charge in [-0.05, 0) is 0 Å². The summed E-state index contributed by atoms with van der Waals surface area (Å²) in [6.45, 7) is 0. The van der Waals surface area contributed by atoms with Gasteiger partial charge in [0, 0.05) is 11.6 Å². The summed E-state index contributed by atoms with van der Waals surface area (Å²) in [4.78, 5) is 3.42. The lowest BCUT2D eigenvalue weighted by molar-refractivity contribution is 0.140. The van der Waals surface area contributed by atoms with E-state index in [2.05, 4.69) is 9.72 Å². The average molecular weight is 224 g/mol. The molecular weight excluding hydrogens is 216 g/mol. The van der Waals surface area contributed by atoms with Crippen molar-refractivity contribution < 1.29 is 18.6 Å². The molecule has 0 aliphatic carbocycles. The smallest absolute Gasteiger partial charge is 0.284 e. The largest absolute Gasteiger partial charge is 0.505 e. The number of rotatable bonds is 3. The molecule has 0 amide bonds. The van der Waals surface area contributed by atoms with Crippen LogP contribution < -0.4 is 4.74 Å². The number of hydrogen-bond donors (Lipinski definition) is 1. The number of ether oxygens (including phenoxy) is 1. The van der Waals surface area contributed by atoms with Crippen molar-refractivity contribution in [3.05, 3.63) is 17.3 Å². The van der Waals surface area contributed by atoms with Crippen LogP contribution in [0.2, 0.25) is 0 Å². The summed E-state index contributed by atoms with van der Waals surface area (Å²) < 4.78 is 29.4. The van der Waals surface area contributed by atoms with Crippen molar-refractivity contribution in [3.8, 4) is 11.6 Å². The summed E-state index contributed by atoms with van der Waals surface area (Å²) in [5, 5.41) is 9.30. The summed E-state index contributed by atoms with van der Waals surface area (Å²) in [5.74, 6) is -0.644. The quantitative estimate of drug-likeness (QED) is 0.801. The lowest BCUT2D eigenvalue weighted by atomic mass is 10.2. The topological polar surface area (TPSA) is 42.4 Å². The Labute approximate surface area is 84.3 Å². The van der Waals surface area contributed by atoms with E-state index in [1.165, 1.54) is 13.2 Å². The van der Waals surface area contributed by atoms with Crippen LogP contribution in [0.3, 0.4) is 0 Å².